The molecule has 2 aromatic carbocycles. The maximum atomic E-state index is 12.4. The molecule has 7 nitrogen and oxygen atoms in total. The summed E-state index contributed by atoms with van der Waals surface area (Å²) < 4.78 is 5.29. The van der Waals surface area contributed by atoms with E-state index in [9.17, 15) is 4.79 Å². The van der Waals surface area contributed by atoms with Crippen molar-refractivity contribution in [2.75, 3.05) is 19.1 Å². The third-order valence-corrected chi connectivity index (χ3v) is 3.59. The van der Waals surface area contributed by atoms with Crippen LogP contribution in [0.4, 0.5) is 5.69 Å². The van der Waals surface area contributed by atoms with Crippen LogP contribution in [0, 0.1) is 0 Å². The number of para-hydroxylation sites is 2. The van der Waals surface area contributed by atoms with Gasteiger partial charge < -0.3 is 9.64 Å². The fraction of sp³-hybridized carbons (Fsp3) is 0.176. The molecule has 1 heterocycles. The van der Waals surface area contributed by atoms with Gasteiger partial charge in [0.2, 0.25) is 11.7 Å². The van der Waals surface area contributed by atoms with Crippen molar-refractivity contribution in [2.24, 2.45) is 0 Å². The molecule has 0 saturated carbocycles. The van der Waals surface area contributed by atoms with Gasteiger partial charge in [-0.2, -0.15) is 4.80 Å². The van der Waals surface area contributed by atoms with Crippen LogP contribution in [0.15, 0.2) is 54.6 Å². The third-order valence-electron chi connectivity index (χ3n) is 3.59. The van der Waals surface area contributed by atoms with E-state index in [0.29, 0.717) is 11.6 Å². The second-order valence-electron chi connectivity index (χ2n) is 5.13. The maximum Gasteiger partial charge on any atom is 0.250 e. The number of carbonyl (C=O) groups excluding carboxylic acids is 1. The van der Waals surface area contributed by atoms with E-state index in [1.165, 1.54) is 4.80 Å². The fourth-order valence-corrected chi connectivity index (χ4v) is 2.27. The average molecular weight is 323 g/mol. The molecule has 0 atom stereocenters. The van der Waals surface area contributed by atoms with Gasteiger partial charge >= 0.3 is 0 Å². The highest BCUT2D eigenvalue weighted by atomic mass is 16.5. The number of nitrogens with zero attached hydrogens (tertiary/aromatic N) is 5. The number of tetrazole rings is 1. The van der Waals surface area contributed by atoms with Crippen molar-refractivity contribution in [1.29, 1.82) is 0 Å². The Morgan fingerprint density at radius 2 is 1.83 bits per heavy atom. The summed E-state index contributed by atoms with van der Waals surface area (Å²) in [5.74, 6) is 0.942. The lowest BCUT2D eigenvalue weighted by molar-refractivity contribution is -0.119. The quantitative estimate of drug-likeness (QED) is 0.718. The van der Waals surface area contributed by atoms with Crippen molar-refractivity contribution in [3.63, 3.8) is 0 Å². The van der Waals surface area contributed by atoms with Crippen LogP contribution < -0.4 is 9.64 Å². The number of hydrogen-bond acceptors (Lipinski definition) is 5. The second kappa shape index (κ2) is 6.91. The van der Waals surface area contributed by atoms with E-state index in [1.54, 1.807) is 19.1 Å². The zero-order valence-electron chi connectivity index (χ0n) is 13.5. The first-order valence-corrected chi connectivity index (χ1v) is 7.42. The Morgan fingerprint density at radius 3 is 2.58 bits per heavy atom. The molecule has 0 aliphatic rings. The topological polar surface area (TPSA) is 73.1 Å². The van der Waals surface area contributed by atoms with Crippen LogP contribution in [0.25, 0.3) is 11.4 Å². The molecule has 0 aliphatic heterocycles. The highest BCUT2D eigenvalue weighted by Gasteiger charge is 2.15. The number of anilines is 1. The third kappa shape index (κ3) is 3.24. The molecule has 7 heteroatoms. The molecule has 122 valence electrons. The predicted molar refractivity (Wildman–Crippen MR) is 89.7 cm³/mol. The van der Waals surface area contributed by atoms with Crippen molar-refractivity contribution >= 4 is 11.6 Å². The first-order valence-electron chi connectivity index (χ1n) is 7.42. The number of amides is 1. The Hall–Kier alpha value is -3.22. The summed E-state index contributed by atoms with van der Waals surface area (Å²) in [6.45, 7) is 0.00748. The lowest BCUT2D eigenvalue weighted by Crippen LogP contribution is -2.30. The number of ether oxygens (including phenoxy) is 1. The SMILES string of the molecule is COc1ccccc1-c1nnn(CC(=O)N(C)c2ccccc2)n1. The van der Waals surface area contributed by atoms with Gasteiger partial charge in [-0.05, 0) is 29.5 Å². The summed E-state index contributed by atoms with van der Waals surface area (Å²) >= 11 is 0. The van der Waals surface area contributed by atoms with Gasteiger partial charge in [0.25, 0.3) is 0 Å². The second-order valence-corrected chi connectivity index (χ2v) is 5.13. The standard InChI is InChI=1S/C17H17N5O2/c1-21(13-8-4-3-5-9-13)16(23)12-22-19-17(18-20-22)14-10-6-7-11-15(14)24-2/h3-11H,12H2,1-2H3. The number of aromatic nitrogens is 4. The number of carbonyl (C=O) groups is 1. The van der Waals surface area contributed by atoms with Gasteiger partial charge in [-0.3, -0.25) is 4.79 Å². The Kier molecular flexibility index (Phi) is 4.51. The minimum atomic E-state index is -0.134. The van der Waals surface area contributed by atoms with Gasteiger partial charge in [0.15, 0.2) is 0 Å². The molecule has 0 spiro atoms. The van der Waals surface area contributed by atoms with E-state index in [4.69, 9.17) is 4.74 Å². The predicted octanol–water partition coefficient (Wildman–Crippen LogP) is 2.01. The van der Waals surface area contributed by atoms with Gasteiger partial charge in [-0.25, -0.2) is 0 Å². The molecule has 3 aromatic rings. The fourth-order valence-electron chi connectivity index (χ4n) is 2.27. The summed E-state index contributed by atoms with van der Waals surface area (Å²) in [6.07, 6.45) is 0. The van der Waals surface area contributed by atoms with Crippen LogP contribution in [0.2, 0.25) is 0 Å². The molecular weight excluding hydrogens is 306 g/mol. The highest BCUT2D eigenvalue weighted by molar-refractivity contribution is 5.92. The number of methoxy groups -OCH3 is 1. The van der Waals surface area contributed by atoms with Crippen LogP contribution in [-0.2, 0) is 11.3 Å². The smallest absolute Gasteiger partial charge is 0.250 e. The van der Waals surface area contributed by atoms with E-state index in [-0.39, 0.29) is 12.5 Å². The summed E-state index contributed by atoms with van der Waals surface area (Å²) in [4.78, 5) is 15.2. The Morgan fingerprint density at radius 1 is 1.12 bits per heavy atom. The average Bonchev–Trinajstić information content (AvgIpc) is 3.10. The maximum absolute atomic E-state index is 12.4. The summed E-state index contributed by atoms with van der Waals surface area (Å²) in [6, 6.07) is 16.8. The van der Waals surface area contributed by atoms with Crippen LogP contribution in [0.3, 0.4) is 0 Å². The monoisotopic (exact) mass is 323 g/mol. The lowest BCUT2D eigenvalue weighted by Gasteiger charge is -2.16. The van der Waals surface area contributed by atoms with Crippen molar-refractivity contribution < 1.29 is 9.53 Å². The molecule has 3 rings (SSSR count). The summed E-state index contributed by atoms with van der Waals surface area (Å²) in [5.41, 5.74) is 1.54. The molecular formula is C17H17N5O2. The Labute approximate surface area is 139 Å². The first kappa shape index (κ1) is 15.7. The number of rotatable bonds is 5. The van der Waals surface area contributed by atoms with Crippen molar-refractivity contribution in [1.82, 2.24) is 20.2 Å². The molecule has 1 aromatic heterocycles. The first-order chi connectivity index (χ1) is 11.7. The minimum absolute atomic E-state index is 0.00748. The highest BCUT2D eigenvalue weighted by Crippen LogP contribution is 2.25. The van der Waals surface area contributed by atoms with Gasteiger partial charge in [0.1, 0.15) is 12.3 Å². The molecule has 0 bridgehead atoms. The Balaban J connectivity index is 1.75. The van der Waals surface area contributed by atoms with Gasteiger partial charge in [0, 0.05) is 12.7 Å². The normalized spacial score (nSPS) is 10.4. The summed E-state index contributed by atoms with van der Waals surface area (Å²) in [5, 5.41) is 12.2. The van der Waals surface area contributed by atoms with Crippen LogP contribution >= 0.6 is 0 Å². The molecule has 0 unspecified atom stereocenters. The van der Waals surface area contributed by atoms with E-state index in [1.807, 2.05) is 54.6 Å². The number of hydrogen-bond donors (Lipinski definition) is 0. The van der Waals surface area contributed by atoms with Gasteiger partial charge in [-0.1, -0.05) is 30.3 Å². The van der Waals surface area contributed by atoms with Crippen molar-refractivity contribution in [2.45, 2.75) is 6.54 Å². The Bertz CT molecular complexity index is 832. The molecule has 0 fully saturated rings. The minimum Gasteiger partial charge on any atom is -0.496 e. The zero-order valence-corrected chi connectivity index (χ0v) is 13.5. The van der Waals surface area contributed by atoms with Gasteiger partial charge in [-0.15, -0.1) is 10.2 Å². The van der Waals surface area contributed by atoms with Crippen LogP contribution in [-0.4, -0.2) is 40.3 Å². The van der Waals surface area contributed by atoms with E-state index >= 15 is 0 Å². The molecule has 0 N–H and O–H groups in total. The zero-order chi connectivity index (χ0) is 16.9. The van der Waals surface area contributed by atoms with E-state index in [2.05, 4.69) is 15.4 Å². The number of benzene rings is 2. The molecule has 24 heavy (non-hydrogen) atoms. The summed E-state index contributed by atoms with van der Waals surface area (Å²) in [7, 11) is 3.30. The van der Waals surface area contributed by atoms with Crippen LogP contribution in [0.1, 0.15) is 0 Å². The molecule has 0 saturated heterocycles. The van der Waals surface area contributed by atoms with Crippen molar-refractivity contribution in [3.05, 3.63) is 54.6 Å². The van der Waals surface area contributed by atoms with E-state index in [0.717, 1.165) is 11.3 Å². The van der Waals surface area contributed by atoms with E-state index < -0.39 is 0 Å². The molecule has 1 amide bonds. The van der Waals surface area contributed by atoms with Crippen molar-refractivity contribution in [3.8, 4) is 17.1 Å². The van der Waals surface area contributed by atoms with Gasteiger partial charge in [0.05, 0.1) is 12.7 Å². The van der Waals surface area contributed by atoms with Crippen LogP contribution in [0.5, 0.6) is 5.75 Å². The lowest BCUT2D eigenvalue weighted by atomic mass is 10.2. The largest absolute Gasteiger partial charge is 0.496 e. The molecule has 0 aliphatic carbocycles. The molecule has 0 radical (unpaired) electrons. The number of likely N-dealkylation sites (N-methyl/N-ethyl adjacent to an activating group) is 1.